The first kappa shape index (κ1) is 74.4. The molecule has 0 spiro atoms. The minimum Gasteiger partial charge on any atom is -0.394 e. The zero-order valence-electron chi connectivity index (χ0n) is 48.4. The average Bonchev–Trinajstić information content (AvgIpc) is 0.945. The van der Waals surface area contributed by atoms with Crippen molar-refractivity contribution in [2.45, 2.75) is 242 Å². The van der Waals surface area contributed by atoms with E-state index in [1.165, 1.54) is 6.92 Å². The van der Waals surface area contributed by atoms with Gasteiger partial charge in [0.05, 0.1) is 65.0 Å². The third-order valence-electron chi connectivity index (χ3n) is 16.3. The summed E-state index contributed by atoms with van der Waals surface area (Å²) in [7, 11) is 0. The lowest BCUT2D eigenvalue weighted by atomic mass is 9.94. The van der Waals surface area contributed by atoms with E-state index in [1.807, 2.05) is 0 Å². The molecular formula is C50H85N3O37. The van der Waals surface area contributed by atoms with Gasteiger partial charge in [0.1, 0.15) is 165 Å². The van der Waals surface area contributed by atoms with Crippen LogP contribution in [-0.4, -0.2) is 394 Å². The van der Waals surface area contributed by atoms with Crippen LogP contribution in [-0.2, 0) is 80.7 Å². The molecule has 7 fully saturated rings. The molecule has 7 heterocycles. The van der Waals surface area contributed by atoms with Gasteiger partial charge in [-0.15, -0.1) is 0 Å². The highest BCUT2D eigenvalue weighted by atomic mass is 16.8. The number of carbonyl (C=O) groups excluding carboxylic acids is 3. The van der Waals surface area contributed by atoms with E-state index >= 15 is 0 Å². The Morgan fingerprint density at radius 3 is 1.24 bits per heavy atom. The normalized spacial score (nSPS) is 48.1. The van der Waals surface area contributed by atoms with Gasteiger partial charge in [-0.25, -0.2) is 0 Å². The SMILES string of the molecule is CC(=O)N[C@H]1[C@H](O[C@H]2[C@@H](O)[C@@H](CO)O[C@H](O[C@@H]3[C@H](O)[C@@H](O)[C@H](O[C@H]4[C@H](O)[C@@H](O)[C@H](OC[C@@H](CO)NC=O)O[C@@H]4CO)O[C@@H]3CO)[C@@H]2O)O[C@H](CO[C@@H]2O[C@H](CO)[C@@H](O)[C@H](O[C@@H]3O[C@@H](C)[C@@H](O)[C@@H](O)[C@@H]3O)[C@H]2NC(C)=O)[C@H](O)[C@@H]1O[C@@H]1O[C@H](CO)[C@H](O)[C@H](O)[C@H]1O. The summed E-state index contributed by atoms with van der Waals surface area (Å²) >= 11 is 0. The van der Waals surface area contributed by atoms with Crippen LogP contribution in [0.1, 0.15) is 20.8 Å². The van der Waals surface area contributed by atoms with Crippen LogP contribution < -0.4 is 16.0 Å². The maximum absolute atomic E-state index is 13.1. The van der Waals surface area contributed by atoms with Gasteiger partial charge < -0.3 is 184 Å². The number of ether oxygens (including phenoxy) is 14. The molecule has 40 heteroatoms. The Kier molecular flexibility index (Phi) is 27.4. The molecule has 7 aliphatic rings. The number of aliphatic hydroxyl groups excluding tert-OH is 20. The van der Waals surface area contributed by atoms with Crippen molar-refractivity contribution in [1.29, 1.82) is 0 Å². The van der Waals surface area contributed by atoms with Gasteiger partial charge in [0.15, 0.2) is 44.0 Å². The Labute approximate surface area is 510 Å². The second kappa shape index (κ2) is 33.1. The van der Waals surface area contributed by atoms with E-state index in [9.17, 15) is 117 Å². The van der Waals surface area contributed by atoms with Crippen molar-refractivity contribution in [3.8, 4) is 0 Å². The molecule has 0 aromatic rings. The number of carbonyl (C=O) groups is 3. The lowest BCUT2D eigenvalue weighted by Crippen LogP contribution is -2.70. The van der Waals surface area contributed by atoms with Gasteiger partial charge in [-0.3, -0.25) is 14.4 Å². The van der Waals surface area contributed by atoms with Crippen molar-refractivity contribution in [2.24, 2.45) is 0 Å². The highest BCUT2D eigenvalue weighted by molar-refractivity contribution is 5.73. The van der Waals surface area contributed by atoms with Gasteiger partial charge in [0.2, 0.25) is 18.2 Å². The van der Waals surface area contributed by atoms with Crippen LogP contribution in [0.25, 0.3) is 0 Å². The van der Waals surface area contributed by atoms with Crippen LogP contribution in [0.5, 0.6) is 0 Å². The van der Waals surface area contributed by atoms with Crippen LogP contribution in [0.15, 0.2) is 0 Å². The van der Waals surface area contributed by atoms with Crippen LogP contribution in [0.2, 0.25) is 0 Å². The fourth-order valence-corrected chi connectivity index (χ4v) is 11.2. The van der Waals surface area contributed by atoms with E-state index in [4.69, 9.17) is 66.3 Å². The summed E-state index contributed by atoms with van der Waals surface area (Å²) in [6, 6.07) is -4.56. The summed E-state index contributed by atoms with van der Waals surface area (Å²) in [5, 5.41) is 224. The highest BCUT2D eigenvalue weighted by Gasteiger charge is 2.59. The summed E-state index contributed by atoms with van der Waals surface area (Å²) in [6.45, 7) is -3.82. The average molecular weight is 1320 g/mol. The third-order valence-corrected chi connectivity index (χ3v) is 16.3. The van der Waals surface area contributed by atoms with Gasteiger partial charge in [-0.05, 0) is 6.92 Å². The molecule has 23 N–H and O–H groups in total. The molecule has 90 heavy (non-hydrogen) atoms. The summed E-state index contributed by atoms with van der Waals surface area (Å²) in [5.74, 6) is -1.76. The molecule has 7 saturated heterocycles. The first-order valence-corrected chi connectivity index (χ1v) is 28.7. The number of hydrogen-bond donors (Lipinski definition) is 23. The fraction of sp³-hybridized carbons (Fsp3) is 0.940. The topological polar surface area (TPSA) is 621 Å². The van der Waals surface area contributed by atoms with Crippen molar-refractivity contribution in [3.05, 3.63) is 0 Å². The van der Waals surface area contributed by atoms with Gasteiger partial charge in [-0.1, -0.05) is 0 Å². The summed E-state index contributed by atoms with van der Waals surface area (Å²) in [6.07, 6.45) is -63.5. The maximum Gasteiger partial charge on any atom is 0.217 e. The van der Waals surface area contributed by atoms with Gasteiger partial charge in [0, 0.05) is 13.8 Å². The second-order valence-corrected chi connectivity index (χ2v) is 22.5. The molecule has 0 saturated carbocycles. The van der Waals surface area contributed by atoms with E-state index < -0.39 is 286 Å². The molecule has 7 aliphatic heterocycles. The van der Waals surface area contributed by atoms with Gasteiger partial charge >= 0.3 is 0 Å². The van der Waals surface area contributed by atoms with Crippen molar-refractivity contribution in [1.82, 2.24) is 16.0 Å². The zero-order chi connectivity index (χ0) is 66.3. The Morgan fingerprint density at radius 2 is 0.756 bits per heavy atom. The summed E-state index contributed by atoms with van der Waals surface area (Å²) in [5.41, 5.74) is 0. The Hall–Kier alpha value is -2.95. The minimum absolute atomic E-state index is 0.268. The number of amides is 3. The minimum atomic E-state index is -2.35. The van der Waals surface area contributed by atoms with E-state index in [0.717, 1.165) is 13.8 Å². The zero-order valence-corrected chi connectivity index (χ0v) is 48.4. The molecule has 36 atom stereocenters. The Morgan fingerprint density at radius 1 is 0.389 bits per heavy atom. The van der Waals surface area contributed by atoms with Gasteiger partial charge in [-0.2, -0.15) is 0 Å². The molecule has 40 nitrogen and oxygen atoms in total. The Balaban J connectivity index is 1.15. The summed E-state index contributed by atoms with van der Waals surface area (Å²) in [4.78, 5) is 36.7. The van der Waals surface area contributed by atoms with Crippen LogP contribution in [0, 0.1) is 0 Å². The number of hydrogen-bond acceptors (Lipinski definition) is 37. The quantitative estimate of drug-likeness (QED) is 0.0358. The standard InChI is InChI=1S/C50H85N3O37/c1-13-25(63)30(68)34(72)47(79-13)88-41-23(52-14(2)61)44(80-18(6-56)27(41)65)78-11-22-29(67)42(89-48-35(73)31(69)26(64)17(5-55)81-48)24(53-15(3)62)45(85-22)90-43-28(66)19(7-57)82-50(38(43)76)87-40-21(9-59)84-49(37(75)33(40)71)86-39-20(8-58)83-46(36(74)32(39)70)77-10-16(4-54)51-12-60/h12-13,16-50,54-59,63-76H,4-11H2,1-3H3,(H,51,60)(H,52,61)(H,53,62)/t13-,16+,17+,18+,19+,20+,21+,22+,23+,24+,25+,26-,27+,28-,29-,30+,31-,32+,33+,34-,35+,36+,37+,38+,39+,40-,41+,42+,43-,44+,45-,46+,47-,48-,49-,50+/m0/s1. The fourth-order valence-electron chi connectivity index (χ4n) is 11.2. The Bertz CT molecular complexity index is 2220. The van der Waals surface area contributed by atoms with Crippen molar-refractivity contribution in [2.75, 3.05) is 52.9 Å². The first-order valence-electron chi connectivity index (χ1n) is 28.7. The van der Waals surface area contributed by atoms with E-state index in [0.29, 0.717) is 0 Å². The lowest BCUT2D eigenvalue weighted by Gasteiger charge is -2.51. The largest absolute Gasteiger partial charge is 0.394 e. The molecular weight excluding hydrogens is 1230 g/mol. The summed E-state index contributed by atoms with van der Waals surface area (Å²) < 4.78 is 81.3. The molecule has 0 unspecified atom stereocenters. The predicted octanol–water partition coefficient (Wildman–Crippen LogP) is -15.8. The van der Waals surface area contributed by atoms with Crippen molar-refractivity contribution in [3.63, 3.8) is 0 Å². The molecule has 7 rings (SSSR count). The van der Waals surface area contributed by atoms with Crippen molar-refractivity contribution >= 4 is 18.2 Å². The highest BCUT2D eigenvalue weighted by Crippen LogP contribution is 2.38. The second-order valence-electron chi connectivity index (χ2n) is 22.5. The predicted molar refractivity (Wildman–Crippen MR) is 277 cm³/mol. The number of aliphatic hydroxyl groups is 20. The monoisotopic (exact) mass is 1320 g/mol. The number of nitrogens with one attached hydrogen (secondary N) is 3. The van der Waals surface area contributed by atoms with Crippen LogP contribution in [0.3, 0.4) is 0 Å². The molecule has 0 bridgehead atoms. The number of rotatable bonds is 26. The smallest absolute Gasteiger partial charge is 0.217 e. The van der Waals surface area contributed by atoms with Crippen LogP contribution >= 0.6 is 0 Å². The molecule has 522 valence electrons. The molecule has 0 aromatic carbocycles. The van der Waals surface area contributed by atoms with Crippen LogP contribution in [0.4, 0.5) is 0 Å². The van der Waals surface area contributed by atoms with Gasteiger partial charge in [0.25, 0.3) is 0 Å². The third kappa shape index (κ3) is 16.6. The lowest BCUT2D eigenvalue weighted by molar-refractivity contribution is -0.390. The van der Waals surface area contributed by atoms with Crippen molar-refractivity contribution < 1.29 is 183 Å². The molecule has 0 radical (unpaired) electrons. The molecule has 3 amide bonds. The van der Waals surface area contributed by atoms with E-state index in [2.05, 4.69) is 16.0 Å². The molecule has 0 aliphatic carbocycles. The van der Waals surface area contributed by atoms with E-state index in [-0.39, 0.29) is 6.41 Å². The molecule has 0 aromatic heterocycles. The maximum atomic E-state index is 13.1. The first-order chi connectivity index (χ1) is 42.7. The van der Waals surface area contributed by atoms with E-state index in [1.54, 1.807) is 0 Å².